The predicted molar refractivity (Wildman–Crippen MR) is 86.1 cm³/mol. The van der Waals surface area contributed by atoms with Gasteiger partial charge in [-0.1, -0.05) is 59.8 Å². The van der Waals surface area contributed by atoms with Gasteiger partial charge in [-0.15, -0.1) is 0 Å². The first-order valence-corrected chi connectivity index (χ1v) is 7.67. The highest BCUT2D eigenvalue weighted by molar-refractivity contribution is 5.16. The molecule has 0 aliphatic carbocycles. The number of allylic oxidation sites excluding steroid dienone is 1. The van der Waals surface area contributed by atoms with Gasteiger partial charge < -0.3 is 0 Å². The van der Waals surface area contributed by atoms with Gasteiger partial charge in [-0.25, -0.2) is 0 Å². The highest BCUT2D eigenvalue weighted by atomic mass is 15.1. The van der Waals surface area contributed by atoms with Crippen molar-refractivity contribution >= 4 is 0 Å². The Labute approximate surface area is 116 Å². The zero-order valence-corrected chi connectivity index (χ0v) is 13.6. The Kier molecular flexibility index (Phi) is 15.9. The summed E-state index contributed by atoms with van der Waals surface area (Å²) in [7, 11) is 0. The van der Waals surface area contributed by atoms with E-state index < -0.39 is 0 Å². The minimum Gasteiger partial charge on any atom is -0.299 e. The molecule has 1 heteroatoms. The first-order chi connectivity index (χ1) is 8.67. The Balaban J connectivity index is 0. The molecule has 1 heterocycles. The van der Waals surface area contributed by atoms with Gasteiger partial charge in [0.05, 0.1) is 0 Å². The second-order valence-corrected chi connectivity index (χ2v) is 4.76. The van der Waals surface area contributed by atoms with Crippen molar-refractivity contribution < 1.29 is 0 Å². The topological polar surface area (TPSA) is 3.24 Å². The lowest BCUT2D eigenvalue weighted by atomic mass is 10.00. The van der Waals surface area contributed by atoms with Crippen molar-refractivity contribution in [3.63, 3.8) is 0 Å². The van der Waals surface area contributed by atoms with E-state index in [1.54, 1.807) is 0 Å². The fraction of sp³-hybridized carbons (Fsp3) is 0.765. The van der Waals surface area contributed by atoms with Crippen LogP contribution in [0.2, 0.25) is 0 Å². The molecule has 0 aromatic carbocycles. The molecule has 0 saturated carbocycles. The zero-order valence-electron chi connectivity index (χ0n) is 13.6. The van der Waals surface area contributed by atoms with Crippen LogP contribution in [-0.2, 0) is 0 Å². The Morgan fingerprint density at radius 1 is 1.33 bits per heavy atom. The standard InChI is InChI=1S/C12H21N.C3H8.C2H6/c1-4-12(5-2)10-13-8-6-7-11(3)9-13;1-3-2;1-2/h4-5,11H,1,6-10H2,2-3H3;3H2,1-2H3;1-2H3/b12-5+;;. The van der Waals surface area contributed by atoms with Crippen LogP contribution in [0.1, 0.15) is 60.8 Å². The SMILES string of the molecule is C=C/C(=C\C)CN1CCCC(C)C1.CC.CCC. The quantitative estimate of drug-likeness (QED) is 0.617. The summed E-state index contributed by atoms with van der Waals surface area (Å²) in [5, 5.41) is 0. The number of likely N-dealkylation sites (tertiary alicyclic amines) is 1. The van der Waals surface area contributed by atoms with Crippen LogP contribution in [0.15, 0.2) is 24.3 Å². The predicted octanol–water partition coefficient (Wildman–Crippen LogP) is 5.29. The summed E-state index contributed by atoms with van der Waals surface area (Å²) in [4.78, 5) is 2.53. The van der Waals surface area contributed by atoms with Crippen molar-refractivity contribution in [2.24, 2.45) is 5.92 Å². The number of hydrogen-bond acceptors (Lipinski definition) is 1. The van der Waals surface area contributed by atoms with Crippen LogP contribution >= 0.6 is 0 Å². The van der Waals surface area contributed by atoms with Crippen LogP contribution in [0.4, 0.5) is 0 Å². The Morgan fingerprint density at radius 3 is 2.28 bits per heavy atom. The molecule has 1 aliphatic rings. The van der Waals surface area contributed by atoms with Crippen molar-refractivity contribution in [3.8, 4) is 0 Å². The highest BCUT2D eigenvalue weighted by Gasteiger charge is 2.15. The van der Waals surface area contributed by atoms with E-state index >= 15 is 0 Å². The third-order valence-electron chi connectivity index (χ3n) is 2.78. The molecule has 1 fully saturated rings. The molecular formula is C17H35N. The first kappa shape index (κ1) is 19.8. The smallest absolute Gasteiger partial charge is 0.0230 e. The van der Waals surface area contributed by atoms with Crippen molar-refractivity contribution in [2.45, 2.75) is 60.8 Å². The Hall–Kier alpha value is -0.560. The van der Waals surface area contributed by atoms with Crippen molar-refractivity contribution in [3.05, 3.63) is 24.3 Å². The summed E-state index contributed by atoms with van der Waals surface area (Å²) in [6.45, 7) is 20.1. The fourth-order valence-corrected chi connectivity index (χ4v) is 1.96. The summed E-state index contributed by atoms with van der Waals surface area (Å²) in [5.74, 6) is 0.872. The lowest BCUT2D eigenvalue weighted by molar-refractivity contribution is 0.199. The van der Waals surface area contributed by atoms with E-state index in [0.29, 0.717) is 0 Å². The van der Waals surface area contributed by atoms with Gasteiger partial charge >= 0.3 is 0 Å². The maximum atomic E-state index is 3.82. The summed E-state index contributed by atoms with van der Waals surface area (Å²) in [5.41, 5.74) is 1.36. The highest BCUT2D eigenvalue weighted by Crippen LogP contribution is 2.16. The molecule has 1 atom stereocenters. The molecule has 0 radical (unpaired) electrons. The second-order valence-electron chi connectivity index (χ2n) is 4.76. The van der Waals surface area contributed by atoms with E-state index in [2.05, 4.69) is 45.2 Å². The molecule has 1 unspecified atom stereocenters. The van der Waals surface area contributed by atoms with Gasteiger partial charge in [-0.05, 0) is 37.8 Å². The van der Waals surface area contributed by atoms with E-state index in [-0.39, 0.29) is 0 Å². The van der Waals surface area contributed by atoms with Gasteiger partial charge in [0, 0.05) is 13.1 Å². The molecule has 0 aromatic rings. The Bertz CT molecular complexity index is 206. The number of rotatable bonds is 3. The van der Waals surface area contributed by atoms with Crippen molar-refractivity contribution in [1.82, 2.24) is 4.90 Å². The maximum Gasteiger partial charge on any atom is 0.0230 e. The molecule has 0 amide bonds. The maximum absolute atomic E-state index is 3.82. The number of piperidine rings is 1. The van der Waals surface area contributed by atoms with Gasteiger partial charge in [-0.3, -0.25) is 4.90 Å². The average molecular weight is 253 g/mol. The molecule has 108 valence electrons. The van der Waals surface area contributed by atoms with E-state index in [4.69, 9.17) is 0 Å². The molecule has 0 bridgehead atoms. The lowest BCUT2D eigenvalue weighted by Crippen LogP contribution is -2.35. The number of nitrogens with zero attached hydrogens (tertiary/aromatic N) is 1. The summed E-state index contributed by atoms with van der Waals surface area (Å²) in [6.07, 6.45) is 8.14. The van der Waals surface area contributed by atoms with Gasteiger partial charge in [0.2, 0.25) is 0 Å². The average Bonchev–Trinajstić information content (AvgIpc) is 2.39. The van der Waals surface area contributed by atoms with Crippen LogP contribution in [0.25, 0.3) is 0 Å². The van der Waals surface area contributed by atoms with E-state index in [9.17, 15) is 0 Å². The summed E-state index contributed by atoms with van der Waals surface area (Å²) < 4.78 is 0. The normalized spacial score (nSPS) is 20.1. The number of hydrogen-bond donors (Lipinski definition) is 0. The molecule has 0 N–H and O–H groups in total. The summed E-state index contributed by atoms with van der Waals surface area (Å²) in [6, 6.07) is 0. The molecular weight excluding hydrogens is 218 g/mol. The van der Waals surface area contributed by atoms with Gasteiger partial charge in [0.25, 0.3) is 0 Å². The monoisotopic (exact) mass is 253 g/mol. The Morgan fingerprint density at radius 2 is 1.89 bits per heavy atom. The van der Waals surface area contributed by atoms with Crippen LogP contribution in [0.3, 0.4) is 0 Å². The molecule has 1 saturated heterocycles. The van der Waals surface area contributed by atoms with E-state index in [0.717, 1.165) is 12.5 Å². The van der Waals surface area contributed by atoms with Gasteiger partial charge in [0.15, 0.2) is 0 Å². The van der Waals surface area contributed by atoms with Gasteiger partial charge in [0.1, 0.15) is 0 Å². The van der Waals surface area contributed by atoms with E-state index in [1.165, 1.54) is 37.9 Å². The molecule has 1 rings (SSSR count). The van der Waals surface area contributed by atoms with Gasteiger partial charge in [-0.2, -0.15) is 0 Å². The molecule has 0 spiro atoms. The van der Waals surface area contributed by atoms with Crippen molar-refractivity contribution in [1.29, 1.82) is 0 Å². The van der Waals surface area contributed by atoms with E-state index in [1.807, 2.05) is 19.9 Å². The third kappa shape index (κ3) is 10.6. The molecule has 0 aromatic heterocycles. The first-order valence-electron chi connectivity index (χ1n) is 7.67. The largest absolute Gasteiger partial charge is 0.299 e. The molecule has 18 heavy (non-hydrogen) atoms. The van der Waals surface area contributed by atoms with Crippen LogP contribution in [0, 0.1) is 5.92 Å². The minimum absolute atomic E-state index is 0.872. The molecule has 1 aliphatic heterocycles. The zero-order chi connectivity index (χ0) is 14.4. The minimum atomic E-state index is 0.872. The second kappa shape index (κ2) is 14.5. The van der Waals surface area contributed by atoms with Crippen LogP contribution in [-0.4, -0.2) is 24.5 Å². The van der Waals surface area contributed by atoms with Crippen LogP contribution in [0.5, 0.6) is 0 Å². The summed E-state index contributed by atoms with van der Waals surface area (Å²) >= 11 is 0. The third-order valence-corrected chi connectivity index (χ3v) is 2.78. The molecule has 1 nitrogen and oxygen atoms in total. The van der Waals surface area contributed by atoms with Crippen LogP contribution < -0.4 is 0 Å². The lowest BCUT2D eigenvalue weighted by Gasteiger charge is -2.31. The van der Waals surface area contributed by atoms with Crippen molar-refractivity contribution in [2.75, 3.05) is 19.6 Å². The fourth-order valence-electron chi connectivity index (χ4n) is 1.96.